The normalized spacial score (nSPS) is 15.2. The highest BCUT2D eigenvalue weighted by atomic mass is 16.5. The molecule has 1 atom stereocenters. The third-order valence-corrected chi connectivity index (χ3v) is 5.87. The van der Waals surface area contributed by atoms with Crippen molar-refractivity contribution in [1.82, 2.24) is 5.32 Å². The number of rotatable bonds is 7. The number of benzene rings is 3. The lowest BCUT2D eigenvalue weighted by Crippen LogP contribution is -2.23. The van der Waals surface area contributed by atoms with Gasteiger partial charge in [0.1, 0.15) is 11.5 Å². The molecule has 1 aliphatic heterocycles. The topological polar surface area (TPSA) is 100 Å². The number of methoxy groups -OCH3 is 2. The van der Waals surface area contributed by atoms with Gasteiger partial charge >= 0.3 is 0 Å². The standard InChI is InChI=1S/C24H27NO6/c1-4-31-24-23-14(5-6-25-24)16-9-21(30-3)18(11-27)19(12-28)22(16)15-7-13(10-26)20(29-2)8-17(15)23/h5-9,24-28H,4,10-12H2,1-3H3. The Hall–Kier alpha value is -2.84. The molecule has 3 aromatic carbocycles. The fourth-order valence-electron chi connectivity index (χ4n) is 4.52. The second-order valence-corrected chi connectivity index (χ2v) is 7.31. The molecule has 7 heteroatoms. The molecule has 0 aromatic heterocycles. The zero-order chi connectivity index (χ0) is 22.1. The fourth-order valence-corrected chi connectivity index (χ4v) is 4.52. The van der Waals surface area contributed by atoms with Gasteiger partial charge in [-0.25, -0.2) is 0 Å². The van der Waals surface area contributed by atoms with Crippen LogP contribution in [0, 0.1) is 0 Å². The molecule has 0 fully saturated rings. The van der Waals surface area contributed by atoms with E-state index in [1.165, 1.54) is 0 Å². The number of hydrogen-bond acceptors (Lipinski definition) is 7. The Morgan fingerprint density at radius 2 is 1.58 bits per heavy atom. The van der Waals surface area contributed by atoms with Crippen LogP contribution < -0.4 is 14.8 Å². The largest absolute Gasteiger partial charge is 0.496 e. The molecule has 164 valence electrons. The van der Waals surface area contributed by atoms with Gasteiger partial charge in [0, 0.05) is 23.3 Å². The molecule has 0 amide bonds. The molecule has 1 heterocycles. The van der Waals surface area contributed by atoms with E-state index in [0.29, 0.717) is 34.8 Å². The predicted octanol–water partition coefficient (Wildman–Crippen LogP) is 3.10. The maximum atomic E-state index is 10.3. The van der Waals surface area contributed by atoms with Crippen LogP contribution in [-0.4, -0.2) is 36.1 Å². The Balaban J connectivity index is 2.28. The summed E-state index contributed by atoms with van der Waals surface area (Å²) >= 11 is 0. The van der Waals surface area contributed by atoms with Crippen LogP contribution in [0.25, 0.3) is 27.6 Å². The van der Waals surface area contributed by atoms with E-state index in [4.69, 9.17) is 14.2 Å². The van der Waals surface area contributed by atoms with Gasteiger partial charge in [-0.15, -0.1) is 0 Å². The molecule has 7 nitrogen and oxygen atoms in total. The minimum absolute atomic E-state index is 0.192. The number of aliphatic hydroxyl groups is 3. The highest BCUT2D eigenvalue weighted by Gasteiger charge is 2.27. The van der Waals surface area contributed by atoms with E-state index in [0.717, 1.165) is 32.7 Å². The second-order valence-electron chi connectivity index (χ2n) is 7.31. The van der Waals surface area contributed by atoms with Crippen molar-refractivity contribution < 1.29 is 29.5 Å². The van der Waals surface area contributed by atoms with Gasteiger partial charge in [-0.1, -0.05) is 0 Å². The van der Waals surface area contributed by atoms with Gasteiger partial charge in [0.25, 0.3) is 0 Å². The molecule has 0 saturated heterocycles. The van der Waals surface area contributed by atoms with Crippen molar-refractivity contribution >= 4 is 27.6 Å². The van der Waals surface area contributed by atoms with Crippen molar-refractivity contribution in [2.45, 2.75) is 33.0 Å². The molecule has 4 rings (SSSR count). The summed E-state index contributed by atoms with van der Waals surface area (Å²) in [7, 11) is 3.12. The van der Waals surface area contributed by atoms with Gasteiger partial charge in [0.05, 0.1) is 34.0 Å². The van der Waals surface area contributed by atoms with E-state index >= 15 is 0 Å². The van der Waals surface area contributed by atoms with Gasteiger partial charge in [0.15, 0.2) is 6.23 Å². The maximum Gasteiger partial charge on any atom is 0.154 e. The van der Waals surface area contributed by atoms with Gasteiger partial charge in [-0.3, -0.25) is 0 Å². The van der Waals surface area contributed by atoms with Crippen LogP contribution >= 0.6 is 0 Å². The van der Waals surface area contributed by atoms with Crippen molar-refractivity contribution in [3.05, 3.63) is 52.2 Å². The molecule has 31 heavy (non-hydrogen) atoms. The summed E-state index contributed by atoms with van der Waals surface area (Å²) in [6.07, 6.45) is 3.44. The summed E-state index contributed by atoms with van der Waals surface area (Å²) in [4.78, 5) is 0. The Morgan fingerprint density at radius 1 is 0.871 bits per heavy atom. The smallest absolute Gasteiger partial charge is 0.154 e. The first-order chi connectivity index (χ1) is 15.1. The summed E-state index contributed by atoms with van der Waals surface area (Å²) in [5, 5.41) is 36.9. The van der Waals surface area contributed by atoms with Crippen LogP contribution in [0.4, 0.5) is 0 Å². The lowest BCUT2D eigenvalue weighted by Gasteiger charge is -2.28. The monoisotopic (exact) mass is 425 g/mol. The van der Waals surface area contributed by atoms with E-state index in [-0.39, 0.29) is 26.0 Å². The molecule has 1 unspecified atom stereocenters. The van der Waals surface area contributed by atoms with Crippen molar-refractivity contribution in [2.24, 2.45) is 0 Å². The Kier molecular flexibility index (Phi) is 6.02. The van der Waals surface area contributed by atoms with E-state index in [1.807, 2.05) is 37.4 Å². The Bertz CT molecular complexity index is 1170. The van der Waals surface area contributed by atoms with Crippen molar-refractivity contribution in [3.63, 3.8) is 0 Å². The second kappa shape index (κ2) is 8.72. The van der Waals surface area contributed by atoms with E-state index in [9.17, 15) is 15.3 Å². The Morgan fingerprint density at radius 3 is 2.19 bits per heavy atom. The Labute approximate surface area is 180 Å². The third-order valence-electron chi connectivity index (χ3n) is 5.87. The van der Waals surface area contributed by atoms with Crippen LogP contribution in [0.2, 0.25) is 0 Å². The number of ether oxygens (including phenoxy) is 3. The first-order valence-corrected chi connectivity index (χ1v) is 10.2. The van der Waals surface area contributed by atoms with Crippen LogP contribution in [-0.2, 0) is 24.6 Å². The first kappa shape index (κ1) is 21.4. The number of nitrogens with one attached hydrogen (secondary N) is 1. The number of aliphatic hydroxyl groups excluding tert-OH is 3. The summed E-state index contributed by atoms with van der Waals surface area (Å²) < 4.78 is 17.1. The highest BCUT2D eigenvalue weighted by Crippen LogP contribution is 2.45. The average molecular weight is 425 g/mol. The van der Waals surface area contributed by atoms with E-state index in [1.54, 1.807) is 14.2 Å². The molecule has 3 aromatic rings. The zero-order valence-corrected chi connectivity index (χ0v) is 17.9. The summed E-state index contributed by atoms with van der Waals surface area (Å²) in [5.74, 6) is 1.08. The fraction of sp³-hybridized carbons (Fsp3) is 0.333. The average Bonchev–Trinajstić information content (AvgIpc) is 2.81. The van der Waals surface area contributed by atoms with Crippen molar-refractivity contribution in [1.29, 1.82) is 0 Å². The van der Waals surface area contributed by atoms with E-state index in [2.05, 4.69) is 5.32 Å². The van der Waals surface area contributed by atoms with Crippen molar-refractivity contribution in [3.8, 4) is 11.5 Å². The van der Waals surface area contributed by atoms with Crippen molar-refractivity contribution in [2.75, 3.05) is 20.8 Å². The van der Waals surface area contributed by atoms with Gasteiger partial charge in [0.2, 0.25) is 0 Å². The first-order valence-electron chi connectivity index (χ1n) is 10.2. The maximum absolute atomic E-state index is 10.3. The molecule has 1 aliphatic rings. The SMILES string of the molecule is CCOC1NC=Cc2c1c1cc(OC)c(CO)cc1c1c(CO)c(CO)c(OC)cc21. The van der Waals surface area contributed by atoms with Crippen LogP contribution in [0.15, 0.2) is 24.4 Å². The summed E-state index contributed by atoms with van der Waals surface area (Å²) in [6, 6.07) is 5.67. The highest BCUT2D eigenvalue weighted by molar-refractivity contribution is 6.15. The summed E-state index contributed by atoms with van der Waals surface area (Å²) in [5.41, 5.74) is 3.65. The lowest BCUT2D eigenvalue weighted by atomic mass is 9.85. The van der Waals surface area contributed by atoms with Gasteiger partial charge in [-0.05, 0) is 70.1 Å². The molecular formula is C24H27NO6. The molecule has 0 saturated carbocycles. The molecule has 0 aliphatic carbocycles. The number of hydrogen-bond donors (Lipinski definition) is 4. The molecule has 0 spiro atoms. The van der Waals surface area contributed by atoms with Gasteiger partial charge in [-0.2, -0.15) is 0 Å². The van der Waals surface area contributed by atoms with E-state index < -0.39 is 0 Å². The number of fused-ring (bicyclic) bond motifs is 6. The zero-order valence-electron chi connectivity index (χ0n) is 17.9. The molecule has 4 N–H and O–H groups in total. The minimum Gasteiger partial charge on any atom is -0.496 e. The van der Waals surface area contributed by atoms with Crippen LogP contribution in [0.3, 0.4) is 0 Å². The third kappa shape index (κ3) is 3.30. The molecule has 0 radical (unpaired) electrons. The predicted molar refractivity (Wildman–Crippen MR) is 119 cm³/mol. The molecule has 0 bridgehead atoms. The van der Waals surface area contributed by atoms with Crippen LogP contribution in [0.5, 0.6) is 11.5 Å². The molecular weight excluding hydrogens is 398 g/mol. The summed E-state index contributed by atoms with van der Waals surface area (Å²) in [6.45, 7) is 1.73. The quantitative estimate of drug-likeness (QED) is 0.432. The van der Waals surface area contributed by atoms with Gasteiger partial charge < -0.3 is 34.8 Å². The van der Waals surface area contributed by atoms with Crippen LogP contribution in [0.1, 0.15) is 41.0 Å². The lowest BCUT2D eigenvalue weighted by molar-refractivity contribution is 0.0476. The minimum atomic E-state index is -0.373.